The Labute approximate surface area is 153 Å². The molecular weight excluding hydrogens is 351 g/mol. The van der Waals surface area contributed by atoms with Gasteiger partial charge in [0, 0.05) is 16.7 Å². The van der Waals surface area contributed by atoms with Crippen LogP contribution in [0.4, 0.5) is 13.2 Å². The van der Waals surface area contributed by atoms with Crippen molar-refractivity contribution in [2.45, 2.75) is 0 Å². The molecule has 0 spiro atoms. The van der Waals surface area contributed by atoms with Crippen LogP contribution in [-0.4, -0.2) is 15.0 Å². The maximum Gasteiger partial charge on any atom is 0.164 e. The second-order valence-electron chi connectivity index (χ2n) is 5.83. The van der Waals surface area contributed by atoms with Crippen LogP contribution in [0.15, 0.2) is 72.8 Å². The second kappa shape index (κ2) is 6.99. The number of benzene rings is 3. The van der Waals surface area contributed by atoms with Crippen molar-refractivity contribution in [2.75, 3.05) is 0 Å². The summed E-state index contributed by atoms with van der Waals surface area (Å²) in [5, 5.41) is 0. The molecule has 0 aliphatic rings. The van der Waals surface area contributed by atoms with E-state index in [-0.39, 0.29) is 17.5 Å². The molecule has 4 aromatic rings. The van der Waals surface area contributed by atoms with Crippen LogP contribution in [-0.2, 0) is 0 Å². The molecule has 3 aromatic carbocycles. The lowest BCUT2D eigenvalue weighted by Gasteiger charge is -2.08. The van der Waals surface area contributed by atoms with Gasteiger partial charge in [0.05, 0.1) is 0 Å². The Morgan fingerprint density at radius 1 is 0.370 bits per heavy atom. The molecule has 0 bridgehead atoms. The van der Waals surface area contributed by atoms with Gasteiger partial charge in [0.15, 0.2) is 17.5 Å². The molecule has 0 aliphatic heterocycles. The first-order chi connectivity index (χ1) is 13.1. The summed E-state index contributed by atoms with van der Waals surface area (Å²) >= 11 is 0. The predicted octanol–water partition coefficient (Wildman–Crippen LogP) is 5.29. The predicted molar refractivity (Wildman–Crippen MR) is 96.0 cm³/mol. The fourth-order valence-electron chi connectivity index (χ4n) is 2.56. The number of hydrogen-bond acceptors (Lipinski definition) is 3. The highest BCUT2D eigenvalue weighted by atomic mass is 19.1. The first-order valence-electron chi connectivity index (χ1n) is 8.12. The fourth-order valence-corrected chi connectivity index (χ4v) is 2.56. The van der Waals surface area contributed by atoms with Crippen LogP contribution < -0.4 is 0 Å². The van der Waals surface area contributed by atoms with Crippen LogP contribution in [0.3, 0.4) is 0 Å². The molecule has 132 valence electrons. The summed E-state index contributed by atoms with van der Waals surface area (Å²) in [4.78, 5) is 13.3. The molecule has 0 atom stereocenters. The van der Waals surface area contributed by atoms with E-state index >= 15 is 0 Å². The molecule has 6 heteroatoms. The number of nitrogens with zero attached hydrogens (tertiary/aromatic N) is 3. The zero-order valence-corrected chi connectivity index (χ0v) is 13.9. The van der Waals surface area contributed by atoms with E-state index in [9.17, 15) is 13.2 Å². The summed E-state index contributed by atoms with van der Waals surface area (Å²) in [5.41, 5.74) is 1.81. The van der Waals surface area contributed by atoms with E-state index in [0.717, 1.165) is 0 Å². The van der Waals surface area contributed by atoms with E-state index in [1.165, 1.54) is 36.4 Å². The fraction of sp³-hybridized carbons (Fsp3) is 0. The summed E-state index contributed by atoms with van der Waals surface area (Å²) in [7, 11) is 0. The van der Waals surface area contributed by atoms with Crippen molar-refractivity contribution in [2.24, 2.45) is 0 Å². The third-order valence-electron chi connectivity index (χ3n) is 3.94. The second-order valence-corrected chi connectivity index (χ2v) is 5.83. The highest BCUT2D eigenvalue weighted by molar-refractivity contribution is 5.66. The molecule has 0 N–H and O–H groups in total. The van der Waals surface area contributed by atoms with Gasteiger partial charge in [-0.3, -0.25) is 0 Å². The maximum atomic E-state index is 13.2. The van der Waals surface area contributed by atoms with Crippen molar-refractivity contribution in [3.63, 3.8) is 0 Å². The molecule has 0 fully saturated rings. The third-order valence-corrected chi connectivity index (χ3v) is 3.94. The first-order valence-corrected chi connectivity index (χ1v) is 8.12. The molecule has 0 amide bonds. The standard InChI is InChI=1S/C21H12F3N3/c22-16-7-1-13(2-8-16)19-25-20(14-3-9-17(23)10-4-14)27-21(26-19)15-5-11-18(24)12-6-15/h1-12H. The molecule has 0 aliphatic carbocycles. The van der Waals surface area contributed by atoms with Crippen molar-refractivity contribution < 1.29 is 13.2 Å². The lowest BCUT2D eigenvalue weighted by atomic mass is 10.1. The van der Waals surface area contributed by atoms with Gasteiger partial charge >= 0.3 is 0 Å². The SMILES string of the molecule is Fc1ccc(-c2nc(-c3ccc(F)cc3)nc(-c3ccc(F)cc3)n2)cc1. The third kappa shape index (κ3) is 3.69. The zero-order chi connectivity index (χ0) is 18.8. The lowest BCUT2D eigenvalue weighted by molar-refractivity contribution is 0.627. The molecule has 0 radical (unpaired) electrons. The minimum atomic E-state index is -0.370. The smallest absolute Gasteiger partial charge is 0.164 e. The van der Waals surface area contributed by atoms with E-state index in [1.54, 1.807) is 36.4 Å². The first kappa shape index (κ1) is 16.9. The molecule has 3 nitrogen and oxygen atoms in total. The van der Waals surface area contributed by atoms with Crippen molar-refractivity contribution in [1.82, 2.24) is 15.0 Å². The normalized spacial score (nSPS) is 10.8. The monoisotopic (exact) mass is 363 g/mol. The van der Waals surface area contributed by atoms with Crippen LogP contribution in [0.1, 0.15) is 0 Å². The Morgan fingerprint density at radius 2 is 0.593 bits per heavy atom. The lowest BCUT2D eigenvalue weighted by Crippen LogP contribution is -2.00. The summed E-state index contributed by atoms with van der Waals surface area (Å²) in [6.07, 6.45) is 0. The minimum absolute atomic E-state index is 0.337. The van der Waals surface area contributed by atoms with Gasteiger partial charge < -0.3 is 0 Å². The van der Waals surface area contributed by atoms with Gasteiger partial charge in [-0.1, -0.05) is 0 Å². The summed E-state index contributed by atoms with van der Waals surface area (Å²) in [6.45, 7) is 0. The van der Waals surface area contributed by atoms with E-state index in [4.69, 9.17) is 0 Å². The van der Waals surface area contributed by atoms with Crippen molar-refractivity contribution >= 4 is 0 Å². The molecule has 27 heavy (non-hydrogen) atoms. The molecular formula is C21H12F3N3. The Balaban J connectivity index is 1.89. The van der Waals surface area contributed by atoms with Crippen LogP contribution >= 0.6 is 0 Å². The van der Waals surface area contributed by atoms with Crippen molar-refractivity contribution in [1.29, 1.82) is 0 Å². The average molecular weight is 363 g/mol. The van der Waals surface area contributed by atoms with Crippen LogP contribution in [0.2, 0.25) is 0 Å². The number of aromatic nitrogens is 3. The topological polar surface area (TPSA) is 38.7 Å². The molecule has 0 saturated carbocycles. The Morgan fingerprint density at radius 3 is 0.815 bits per heavy atom. The van der Waals surface area contributed by atoms with Crippen LogP contribution in [0.25, 0.3) is 34.2 Å². The number of halogens is 3. The summed E-state index contributed by atoms with van der Waals surface area (Å²) in [5.74, 6) is -0.100. The largest absolute Gasteiger partial charge is 0.208 e. The summed E-state index contributed by atoms with van der Waals surface area (Å²) in [6, 6.07) is 17.3. The average Bonchev–Trinajstić information content (AvgIpc) is 2.69. The molecule has 0 unspecified atom stereocenters. The number of rotatable bonds is 3. The van der Waals surface area contributed by atoms with Crippen molar-refractivity contribution in [3.8, 4) is 34.2 Å². The van der Waals surface area contributed by atoms with Gasteiger partial charge in [0.2, 0.25) is 0 Å². The minimum Gasteiger partial charge on any atom is -0.208 e. The molecule has 1 aromatic heterocycles. The Bertz CT molecular complexity index is 923. The van der Waals surface area contributed by atoms with Gasteiger partial charge in [0.25, 0.3) is 0 Å². The van der Waals surface area contributed by atoms with Crippen molar-refractivity contribution in [3.05, 3.63) is 90.2 Å². The van der Waals surface area contributed by atoms with Gasteiger partial charge in [0.1, 0.15) is 17.5 Å². The number of hydrogen-bond donors (Lipinski definition) is 0. The Hall–Kier alpha value is -3.54. The zero-order valence-electron chi connectivity index (χ0n) is 13.9. The van der Waals surface area contributed by atoms with Gasteiger partial charge in [-0.2, -0.15) is 0 Å². The van der Waals surface area contributed by atoms with E-state index in [0.29, 0.717) is 34.2 Å². The van der Waals surface area contributed by atoms with Gasteiger partial charge in [-0.05, 0) is 72.8 Å². The maximum absolute atomic E-state index is 13.2. The van der Waals surface area contributed by atoms with E-state index in [2.05, 4.69) is 15.0 Å². The van der Waals surface area contributed by atoms with Crippen LogP contribution in [0.5, 0.6) is 0 Å². The van der Waals surface area contributed by atoms with Gasteiger partial charge in [-0.25, -0.2) is 28.1 Å². The summed E-state index contributed by atoms with van der Waals surface area (Å²) < 4.78 is 39.7. The molecule has 1 heterocycles. The highest BCUT2D eigenvalue weighted by Gasteiger charge is 2.12. The quantitative estimate of drug-likeness (QED) is 0.496. The highest BCUT2D eigenvalue weighted by Crippen LogP contribution is 2.25. The Kier molecular flexibility index (Phi) is 4.38. The van der Waals surface area contributed by atoms with Crippen LogP contribution in [0, 0.1) is 17.5 Å². The van der Waals surface area contributed by atoms with E-state index in [1.807, 2.05) is 0 Å². The van der Waals surface area contributed by atoms with Gasteiger partial charge in [-0.15, -0.1) is 0 Å². The molecule has 0 saturated heterocycles. The van der Waals surface area contributed by atoms with E-state index < -0.39 is 0 Å². The molecule has 4 rings (SSSR count).